The molecule has 2 amide bonds. The Morgan fingerprint density at radius 1 is 1.24 bits per heavy atom. The van der Waals surface area contributed by atoms with Crippen LogP contribution in [0.5, 0.6) is 5.75 Å². The van der Waals surface area contributed by atoms with Crippen LogP contribution in [-0.4, -0.2) is 49.6 Å². The number of hydrogen-bond donors (Lipinski definition) is 0. The summed E-state index contributed by atoms with van der Waals surface area (Å²) in [6, 6.07) is 11.6. The lowest BCUT2D eigenvalue weighted by Gasteiger charge is -2.35. The monoisotopic (exact) mass is 414 g/mol. The molecule has 2 saturated heterocycles. The van der Waals surface area contributed by atoms with Gasteiger partial charge in [-0.25, -0.2) is 0 Å². The Labute approximate surface area is 175 Å². The van der Waals surface area contributed by atoms with Gasteiger partial charge in [0.2, 0.25) is 11.8 Å². The van der Waals surface area contributed by atoms with Gasteiger partial charge in [0.25, 0.3) is 0 Å². The third-order valence-corrected chi connectivity index (χ3v) is 6.54. The molecule has 154 valence electrons. The van der Waals surface area contributed by atoms with E-state index in [0.29, 0.717) is 26.3 Å². The van der Waals surface area contributed by atoms with Gasteiger partial charge >= 0.3 is 0 Å². The number of carbonyl (C=O) groups is 2. The molecule has 7 heteroatoms. The third-order valence-electron chi connectivity index (χ3n) is 5.68. The predicted octanol–water partition coefficient (Wildman–Crippen LogP) is 3.32. The maximum Gasteiger partial charge on any atom is 0.228 e. The smallest absolute Gasteiger partial charge is 0.228 e. The molecule has 4 rings (SSSR count). The number of thiophene rings is 1. The number of rotatable bonds is 6. The molecule has 0 radical (unpaired) electrons. The number of benzene rings is 1. The molecule has 1 unspecified atom stereocenters. The van der Waals surface area contributed by atoms with Gasteiger partial charge in [0.15, 0.2) is 0 Å². The fourth-order valence-electron chi connectivity index (χ4n) is 4.07. The van der Waals surface area contributed by atoms with E-state index in [-0.39, 0.29) is 30.2 Å². The van der Waals surface area contributed by atoms with E-state index in [9.17, 15) is 9.59 Å². The fraction of sp³-hybridized carbons (Fsp3) is 0.455. The largest absolute Gasteiger partial charge is 0.497 e. The zero-order valence-electron chi connectivity index (χ0n) is 16.6. The molecule has 2 fully saturated rings. The van der Waals surface area contributed by atoms with Crippen molar-refractivity contribution >= 4 is 28.8 Å². The maximum atomic E-state index is 13.5. The number of carbonyl (C=O) groups excluding carboxylic acids is 2. The molecule has 2 aromatic rings. The van der Waals surface area contributed by atoms with Crippen LogP contribution in [0.2, 0.25) is 0 Å². The number of hydrogen-bond acceptors (Lipinski definition) is 5. The summed E-state index contributed by atoms with van der Waals surface area (Å²) in [6.07, 6.45) is 1.95. The predicted molar refractivity (Wildman–Crippen MR) is 112 cm³/mol. The summed E-state index contributed by atoms with van der Waals surface area (Å²) in [5.41, 5.74) is 0.807. The van der Waals surface area contributed by atoms with Crippen molar-refractivity contribution in [2.75, 3.05) is 31.8 Å². The molecule has 0 aliphatic carbocycles. The van der Waals surface area contributed by atoms with Gasteiger partial charge < -0.3 is 19.3 Å². The normalized spacial score (nSPS) is 20.1. The van der Waals surface area contributed by atoms with E-state index in [2.05, 4.69) is 6.07 Å². The number of ether oxygens (including phenoxy) is 2. The van der Waals surface area contributed by atoms with Gasteiger partial charge in [0, 0.05) is 42.8 Å². The lowest BCUT2D eigenvalue weighted by molar-refractivity contribution is -0.140. The van der Waals surface area contributed by atoms with Crippen LogP contribution in [0.15, 0.2) is 41.8 Å². The highest BCUT2D eigenvalue weighted by Gasteiger charge is 2.39. The van der Waals surface area contributed by atoms with E-state index >= 15 is 0 Å². The van der Waals surface area contributed by atoms with Gasteiger partial charge in [0.1, 0.15) is 5.75 Å². The first-order valence-electron chi connectivity index (χ1n) is 10.0. The van der Waals surface area contributed by atoms with Crippen LogP contribution in [0.3, 0.4) is 0 Å². The molecule has 29 heavy (non-hydrogen) atoms. The summed E-state index contributed by atoms with van der Waals surface area (Å²) in [5, 5.41) is 2.03. The zero-order valence-corrected chi connectivity index (χ0v) is 17.4. The summed E-state index contributed by atoms with van der Waals surface area (Å²) in [4.78, 5) is 31.0. The van der Waals surface area contributed by atoms with Crippen LogP contribution >= 0.6 is 11.3 Å². The van der Waals surface area contributed by atoms with Crippen molar-refractivity contribution in [1.82, 2.24) is 4.90 Å². The lowest BCUT2D eigenvalue weighted by atomic mass is 10.0. The van der Waals surface area contributed by atoms with Crippen LogP contribution in [0.1, 0.15) is 24.1 Å². The second-order valence-electron chi connectivity index (χ2n) is 7.49. The summed E-state index contributed by atoms with van der Waals surface area (Å²) in [7, 11) is 1.61. The molecule has 3 heterocycles. The average molecular weight is 415 g/mol. The van der Waals surface area contributed by atoms with Gasteiger partial charge in [-0.1, -0.05) is 6.07 Å². The van der Waals surface area contributed by atoms with Crippen molar-refractivity contribution in [1.29, 1.82) is 0 Å². The van der Waals surface area contributed by atoms with Crippen LogP contribution in [0.25, 0.3) is 0 Å². The second kappa shape index (κ2) is 8.97. The van der Waals surface area contributed by atoms with E-state index in [0.717, 1.165) is 24.3 Å². The van der Waals surface area contributed by atoms with E-state index in [4.69, 9.17) is 9.47 Å². The highest BCUT2D eigenvalue weighted by molar-refractivity contribution is 7.09. The minimum Gasteiger partial charge on any atom is -0.497 e. The van der Waals surface area contributed by atoms with Gasteiger partial charge in [-0.15, -0.1) is 11.3 Å². The van der Waals surface area contributed by atoms with Crippen molar-refractivity contribution < 1.29 is 19.1 Å². The standard InChI is InChI=1S/C22H26N2O4S/c1-27-19-6-4-17(5-7-19)23-14-16(13-21(23)25)22(26)24(15-20-3-2-12-29-20)18-8-10-28-11-9-18/h2-7,12,16,18H,8-11,13-15H2,1H3. The first-order chi connectivity index (χ1) is 14.2. The zero-order chi connectivity index (χ0) is 20.2. The Morgan fingerprint density at radius 3 is 2.66 bits per heavy atom. The van der Waals surface area contributed by atoms with Gasteiger partial charge in [-0.2, -0.15) is 0 Å². The Morgan fingerprint density at radius 2 is 2.00 bits per heavy atom. The van der Waals surface area contributed by atoms with Crippen molar-refractivity contribution in [2.24, 2.45) is 5.92 Å². The number of nitrogens with zero attached hydrogens (tertiary/aromatic N) is 2. The Bertz CT molecular complexity index is 831. The molecule has 1 atom stereocenters. The van der Waals surface area contributed by atoms with Gasteiger partial charge in [-0.3, -0.25) is 9.59 Å². The molecule has 0 bridgehead atoms. The Hall–Kier alpha value is -2.38. The summed E-state index contributed by atoms with van der Waals surface area (Å²) < 4.78 is 10.7. The highest BCUT2D eigenvalue weighted by Crippen LogP contribution is 2.30. The molecule has 1 aromatic carbocycles. The van der Waals surface area contributed by atoms with Crippen LogP contribution in [0, 0.1) is 5.92 Å². The molecule has 6 nitrogen and oxygen atoms in total. The fourth-order valence-corrected chi connectivity index (χ4v) is 4.78. The van der Waals surface area contributed by atoms with Crippen molar-refractivity contribution in [3.8, 4) is 5.75 Å². The van der Waals surface area contributed by atoms with Crippen molar-refractivity contribution in [3.05, 3.63) is 46.7 Å². The molecule has 2 aliphatic rings. The Kier molecular flexibility index (Phi) is 6.16. The molecular weight excluding hydrogens is 388 g/mol. The highest BCUT2D eigenvalue weighted by atomic mass is 32.1. The van der Waals surface area contributed by atoms with E-state index in [1.807, 2.05) is 40.6 Å². The summed E-state index contributed by atoms with van der Waals surface area (Å²) >= 11 is 1.66. The topological polar surface area (TPSA) is 59.1 Å². The first kappa shape index (κ1) is 19.9. The summed E-state index contributed by atoms with van der Waals surface area (Å²) in [6.45, 7) is 2.39. The minimum atomic E-state index is -0.313. The van der Waals surface area contributed by atoms with E-state index in [1.165, 1.54) is 4.88 Å². The number of anilines is 1. The quantitative estimate of drug-likeness (QED) is 0.728. The van der Waals surface area contributed by atoms with Crippen molar-refractivity contribution in [2.45, 2.75) is 31.8 Å². The minimum absolute atomic E-state index is 0.00318. The number of amides is 2. The molecule has 0 spiro atoms. The molecule has 2 aliphatic heterocycles. The number of methoxy groups -OCH3 is 1. The van der Waals surface area contributed by atoms with Crippen LogP contribution in [0.4, 0.5) is 5.69 Å². The average Bonchev–Trinajstić information content (AvgIpc) is 3.42. The van der Waals surface area contributed by atoms with Gasteiger partial charge in [-0.05, 0) is 48.6 Å². The lowest BCUT2D eigenvalue weighted by Crippen LogP contribution is -2.46. The third kappa shape index (κ3) is 4.46. The van der Waals surface area contributed by atoms with E-state index < -0.39 is 0 Å². The SMILES string of the molecule is COc1ccc(N2CC(C(=O)N(Cc3cccs3)C3CCOCC3)CC2=O)cc1. The van der Waals surface area contributed by atoms with Crippen LogP contribution < -0.4 is 9.64 Å². The van der Waals surface area contributed by atoms with Gasteiger partial charge in [0.05, 0.1) is 19.6 Å². The molecule has 0 N–H and O–H groups in total. The summed E-state index contributed by atoms with van der Waals surface area (Å²) in [5.74, 6) is 0.508. The Balaban J connectivity index is 1.50. The second-order valence-corrected chi connectivity index (χ2v) is 8.52. The van der Waals surface area contributed by atoms with Crippen molar-refractivity contribution in [3.63, 3.8) is 0 Å². The van der Waals surface area contributed by atoms with Crippen LogP contribution in [-0.2, 0) is 20.9 Å². The molecular formula is C22H26N2O4S. The first-order valence-corrected chi connectivity index (χ1v) is 10.9. The van der Waals surface area contributed by atoms with E-state index in [1.54, 1.807) is 23.3 Å². The molecule has 0 saturated carbocycles. The molecule has 1 aromatic heterocycles. The maximum absolute atomic E-state index is 13.5.